The molecule has 0 radical (unpaired) electrons. The molecule has 0 fully saturated rings. The van der Waals surface area contributed by atoms with Gasteiger partial charge in [0.15, 0.2) is 23.3 Å². The maximum atomic E-state index is 5.14. The minimum Gasteiger partial charge on any atom is -0.233 e. The maximum absolute atomic E-state index is 5.14. The fourth-order valence-electron chi connectivity index (χ4n) is 7.83. The quantitative estimate of drug-likeness (QED) is 0.152. The van der Waals surface area contributed by atoms with Crippen LogP contribution in [0.4, 0.5) is 0 Å². The fourth-order valence-corrected chi connectivity index (χ4v) is 7.83. The third-order valence-electron chi connectivity index (χ3n) is 10.6. The third kappa shape index (κ3) is 6.80. The predicted molar refractivity (Wildman–Crippen MR) is 238 cm³/mol. The number of aromatic nitrogens is 5. The lowest BCUT2D eigenvalue weighted by Crippen LogP contribution is -2.00. The second-order valence-electron chi connectivity index (χ2n) is 14.7. The van der Waals surface area contributed by atoms with Crippen molar-refractivity contribution in [2.45, 2.75) is 13.8 Å². The van der Waals surface area contributed by atoms with Crippen molar-refractivity contribution in [1.82, 2.24) is 24.9 Å². The van der Waals surface area contributed by atoms with Crippen LogP contribution in [0.1, 0.15) is 11.4 Å². The molecule has 10 aromatic rings. The monoisotopic (exact) mass is 743 g/mol. The fraction of sp³-hybridized carbons (Fsp3) is 0.0377. The molecule has 0 amide bonds. The lowest BCUT2D eigenvalue weighted by atomic mass is 9.90. The van der Waals surface area contributed by atoms with Gasteiger partial charge in [-0.15, -0.1) is 0 Å². The van der Waals surface area contributed by atoms with Crippen molar-refractivity contribution in [3.05, 3.63) is 199 Å². The van der Waals surface area contributed by atoms with Crippen LogP contribution in [0.25, 0.3) is 100 Å². The number of fused-ring (bicyclic) bond motifs is 3. The number of hydrogen-bond donors (Lipinski definition) is 0. The van der Waals surface area contributed by atoms with E-state index in [9.17, 15) is 0 Å². The summed E-state index contributed by atoms with van der Waals surface area (Å²) in [5, 5.41) is 4.85. The molecule has 2 heterocycles. The van der Waals surface area contributed by atoms with Crippen molar-refractivity contribution in [2.75, 3.05) is 0 Å². The summed E-state index contributed by atoms with van der Waals surface area (Å²) in [6, 6.07) is 65.9. The van der Waals surface area contributed by atoms with Gasteiger partial charge in [0.25, 0.3) is 0 Å². The molecule has 0 saturated heterocycles. The van der Waals surface area contributed by atoms with Gasteiger partial charge in [0.1, 0.15) is 0 Å². The molecule has 0 saturated carbocycles. The molecule has 274 valence electrons. The van der Waals surface area contributed by atoms with Crippen LogP contribution >= 0.6 is 0 Å². The van der Waals surface area contributed by atoms with Gasteiger partial charge in [-0.1, -0.05) is 158 Å². The first kappa shape index (κ1) is 34.8. The Balaban J connectivity index is 1.13. The van der Waals surface area contributed by atoms with Crippen molar-refractivity contribution in [3.8, 4) is 78.9 Å². The average Bonchev–Trinajstić information content (AvgIpc) is 3.29. The van der Waals surface area contributed by atoms with E-state index in [1.165, 1.54) is 21.5 Å². The number of rotatable bonds is 7. The molecule has 5 heteroatoms. The molecule has 0 atom stereocenters. The van der Waals surface area contributed by atoms with Gasteiger partial charge in [-0.05, 0) is 99.1 Å². The molecular weight excluding hydrogens is 707 g/mol. The standard InChI is InChI=1S/C53H37N5/c1-34-29-35(2)55-50(54-34)41-27-25-37(26-28-41)36-21-23-38(24-22-36)43-30-44(49-33-42-17-9-10-18-46(42)47-19-11-12-20-48(47)49)32-45(31-43)53-57-51(39-13-5-3-6-14-39)56-52(58-53)40-15-7-4-8-16-40/h3-33H,1-2H3. The molecule has 5 nitrogen and oxygen atoms in total. The average molecular weight is 744 g/mol. The number of hydrogen-bond acceptors (Lipinski definition) is 5. The minimum atomic E-state index is 0.616. The highest BCUT2D eigenvalue weighted by atomic mass is 15.0. The first-order valence-corrected chi connectivity index (χ1v) is 19.5. The van der Waals surface area contributed by atoms with Crippen molar-refractivity contribution >= 4 is 21.5 Å². The molecule has 0 aliphatic carbocycles. The maximum Gasteiger partial charge on any atom is 0.164 e. The molecule has 0 N–H and O–H groups in total. The zero-order valence-electron chi connectivity index (χ0n) is 32.1. The van der Waals surface area contributed by atoms with E-state index in [1.54, 1.807) is 0 Å². The summed E-state index contributed by atoms with van der Waals surface area (Å²) in [5.74, 6) is 2.63. The van der Waals surface area contributed by atoms with E-state index in [-0.39, 0.29) is 0 Å². The number of nitrogens with zero attached hydrogens (tertiary/aromatic N) is 5. The molecule has 10 rings (SSSR count). The van der Waals surface area contributed by atoms with Crippen molar-refractivity contribution in [2.24, 2.45) is 0 Å². The van der Waals surface area contributed by atoms with E-state index in [1.807, 2.05) is 80.6 Å². The Bertz CT molecular complexity index is 3030. The summed E-state index contributed by atoms with van der Waals surface area (Å²) in [7, 11) is 0. The second-order valence-corrected chi connectivity index (χ2v) is 14.7. The summed E-state index contributed by atoms with van der Waals surface area (Å²) in [6.45, 7) is 4.01. The molecule has 0 bridgehead atoms. The van der Waals surface area contributed by atoms with Crippen molar-refractivity contribution in [1.29, 1.82) is 0 Å². The van der Waals surface area contributed by atoms with Crippen LogP contribution in [-0.4, -0.2) is 24.9 Å². The lowest BCUT2D eigenvalue weighted by Gasteiger charge is -2.15. The number of benzene rings is 8. The van der Waals surface area contributed by atoms with Gasteiger partial charge in [-0.2, -0.15) is 0 Å². The van der Waals surface area contributed by atoms with Gasteiger partial charge in [0.05, 0.1) is 0 Å². The van der Waals surface area contributed by atoms with Crippen LogP contribution in [0.2, 0.25) is 0 Å². The molecule has 8 aromatic carbocycles. The van der Waals surface area contributed by atoms with Gasteiger partial charge in [0.2, 0.25) is 0 Å². The Morgan fingerprint density at radius 2 is 0.655 bits per heavy atom. The van der Waals surface area contributed by atoms with E-state index in [4.69, 9.17) is 15.0 Å². The Hall–Kier alpha value is -7.63. The Morgan fingerprint density at radius 3 is 1.24 bits per heavy atom. The largest absolute Gasteiger partial charge is 0.233 e. The molecule has 0 aliphatic heterocycles. The van der Waals surface area contributed by atoms with Crippen molar-refractivity contribution in [3.63, 3.8) is 0 Å². The highest BCUT2D eigenvalue weighted by Gasteiger charge is 2.17. The van der Waals surface area contributed by atoms with E-state index in [0.717, 1.165) is 72.8 Å². The smallest absolute Gasteiger partial charge is 0.164 e. The highest BCUT2D eigenvalue weighted by Crippen LogP contribution is 2.39. The lowest BCUT2D eigenvalue weighted by molar-refractivity contribution is 1.06. The van der Waals surface area contributed by atoms with Crippen LogP contribution in [0.15, 0.2) is 188 Å². The molecule has 0 spiro atoms. The zero-order valence-corrected chi connectivity index (χ0v) is 32.1. The van der Waals surface area contributed by atoms with Crippen LogP contribution in [-0.2, 0) is 0 Å². The third-order valence-corrected chi connectivity index (χ3v) is 10.6. The number of aryl methyl sites for hydroxylation is 2. The Morgan fingerprint density at radius 1 is 0.259 bits per heavy atom. The van der Waals surface area contributed by atoms with E-state index >= 15 is 0 Å². The summed E-state index contributed by atoms with van der Waals surface area (Å²) >= 11 is 0. The highest BCUT2D eigenvalue weighted by molar-refractivity contribution is 6.14. The Kier molecular flexibility index (Phi) is 8.88. The molecule has 2 aromatic heterocycles. The second kappa shape index (κ2) is 14.8. The summed E-state index contributed by atoms with van der Waals surface area (Å²) in [5.41, 5.74) is 12.4. The van der Waals surface area contributed by atoms with Crippen LogP contribution in [0, 0.1) is 13.8 Å². The topological polar surface area (TPSA) is 64.5 Å². The minimum absolute atomic E-state index is 0.616. The predicted octanol–water partition coefficient (Wildman–Crippen LogP) is 13.3. The normalized spacial score (nSPS) is 11.3. The van der Waals surface area contributed by atoms with Crippen molar-refractivity contribution < 1.29 is 0 Å². The van der Waals surface area contributed by atoms with Gasteiger partial charge < -0.3 is 0 Å². The Labute approximate surface area is 337 Å². The molecule has 0 unspecified atom stereocenters. The SMILES string of the molecule is Cc1cc(C)nc(-c2ccc(-c3ccc(-c4cc(-c5nc(-c6ccccc6)nc(-c6ccccc6)n5)cc(-c5cc6ccccc6c6ccccc56)c4)cc3)cc2)n1. The van der Waals surface area contributed by atoms with E-state index in [2.05, 4.69) is 131 Å². The van der Waals surface area contributed by atoms with Crippen LogP contribution in [0.3, 0.4) is 0 Å². The first-order valence-electron chi connectivity index (χ1n) is 19.5. The molecular formula is C53H37N5. The summed E-state index contributed by atoms with van der Waals surface area (Å²) in [6.07, 6.45) is 0. The van der Waals surface area contributed by atoms with Gasteiger partial charge >= 0.3 is 0 Å². The van der Waals surface area contributed by atoms with Crippen LogP contribution < -0.4 is 0 Å². The van der Waals surface area contributed by atoms with E-state index < -0.39 is 0 Å². The molecule has 58 heavy (non-hydrogen) atoms. The summed E-state index contributed by atoms with van der Waals surface area (Å²) in [4.78, 5) is 24.6. The van der Waals surface area contributed by atoms with Crippen LogP contribution in [0.5, 0.6) is 0 Å². The van der Waals surface area contributed by atoms with E-state index in [0.29, 0.717) is 17.5 Å². The van der Waals surface area contributed by atoms with Gasteiger partial charge in [0, 0.05) is 33.6 Å². The summed E-state index contributed by atoms with van der Waals surface area (Å²) < 4.78 is 0. The van der Waals surface area contributed by atoms with Gasteiger partial charge in [-0.3, -0.25) is 0 Å². The molecule has 0 aliphatic rings. The van der Waals surface area contributed by atoms with Gasteiger partial charge in [-0.25, -0.2) is 24.9 Å². The first-order chi connectivity index (χ1) is 28.5. The zero-order chi connectivity index (χ0) is 39.0.